The third-order valence-corrected chi connectivity index (χ3v) is 4.69. The van der Waals surface area contributed by atoms with E-state index in [1.807, 2.05) is 36.4 Å². The predicted octanol–water partition coefficient (Wildman–Crippen LogP) is 3.96. The number of carbonyl (C=O) groups excluding carboxylic acids is 2. The lowest BCUT2D eigenvalue weighted by Crippen LogP contribution is -2.35. The molecule has 0 spiro atoms. The normalized spacial score (nSPS) is 20.7. The maximum atomic E-state index is 12.0. The number of carbonyl (C=O) groups is 2. The van der Waals surface area contributed by atoms with Gasteiger partial charge in [0.25, 0.3) is 0 Å². The zero-order valence-corrected chi connectivity index (χ0v) is 13.7. The summed E-state index contributed by atoms with van der Waals surface area (Å²) in [6, 6.07) is 20.2. The zero-order chi connectivity index (χ0) is 16.8. The van der Waals surface area contributed by atoms with E-state index in [1.54, 1.807) is 0 Å². The molecule has 24 heavy (non-hydrogen) atoms. The molecule has 0 aliphatic carbocycles. The summed E-state index contributed by atoms with van der Waals surface area (Å²) in [5.41, 5.74) is 2.42. The standard InChI is InChI=1S/C21H22O3/c22-20-18(13-11-16-7-3-1-4-8-16)15-19(21(23)24-20)14-12-17-9-5-2-6-10-17/h1-10,18-19H,11-15H2/t18-,19+. The lowest BCUT2D eigenvalue weighted by atomic mass is 9.85. The highest BCUT2D eigenvalue weighted by Crippen LogP contribution is 2.29. The van der Waals surface area contributed by atoms with Crippen LogP contribution in [0.25, 0.3) is 0 Å². The van der Waals surface area contributed by atoms with Crippen molar-refractivity contribution in [1.29, 1.82) is 0 Å². The highest BCUT2D eigenvalue weighted by atomic mass is 16.6. The second kappa shape index (κ2) is 7.91. The molecule has 0 bridgehead atoms. The summed E-state index contributed by atoms with van der Waals surface area (Å²) in [7, 11) is 0. The van der Waals surface area contributed by atoms with Gasteiger partial charge in [-0.3, -0.25) is 9.59 Å². The zero-order valence-electron chi connectivity index (χ0n) is 13.7. The number of hydrogen-bond acceptors (Lipinski definition) is 3. The summed E-state index contributed by atoms with van der Waals surface area (Å²) in [6.07, 6.45) is 3.74. The van der Waals surface area contributed by atoms with Gasteiger partial charge in [-0.15, -0.1) is 0 Å². The minimum absolute atomic E-state index is 0.177. The van der Waals surface area contributed by atoms with Crippen molar-refractivity contribution < 1.29 is 14.3 Å². The highest BCUT2D eigenvalue weighted by molar-refractivity contribution is 5.90. The van der Waals surface area contributed by atoms with Gasteiger partial charge < -0.3 is 4.74 Å². The van der Waals surface area contributed by atoms with Crippen molar-refractivity contribution in [2.24, 2.45) is 11.8 Å². The fourth-order valence-electron chi connectivity index (χ4n) is 3.24. The Morgan fingerprint density at radius 1 is 0.708 bits per heavy atom. The Morgan fingerprint density at radius 2 is 1.12 bits per heavy atom. The van der Waals surface area contributed by atoms with Crippen LogP contribution >= 0.6 is 0 Å². The minimum Gasteiger partial charge on any atom is -0.393 e. The number of ether oxygens (including phenoxy) is 1. The predicted molar refractivity (Wildman–Crippen MR) is 92.2 cm³/mol. The molecular formula is C21H22O3. The Hall–Kier alpha value is -2.42. The summed E-state index contributed by atoms with van der Waals surface area (Å²) in [6.45, 7) is 0. The fraction of sp³-hybridized carbons (Fsp3) is 0.333. The Labute approximate surface area is 142 Å². The molecule has 1 aliphatic rings. The quantitative estimate of drug-likeness (QED) is 0.597. The van der Waals surface area contributed by atoms with E-state index in [0.29, 0.717) is 6.42 Å². The van der Waals surface area contributed by atoms with Crippen LogP contribution in [0.4, 0.5) is 0 Å². The molecule has 0 N–H and O–H groups in total. The largest absolute Gasteiger partial charge is 0.393 e. The first-order chi connectivity index (χ1) is 11.7. The molecule has 3 heteroatoms. The molecule has 124 valence electrons. The van der Waals surface area contributed by atoms with E-state index in [2.05, 4.69) is 24.3 Å². The van der Waals surface area contributed by atoms with E-state index in [0.717, 1.165) is 25.7 Å². The van der Waals surface area contributed by atoms with Crippen LogP contribution in [0.3, 0.4) is 0 Å². The van der Waals surface area contributed by atoms with Gasteiger partial charge in [-0.05, 0) is 43.2 Å². The molecule has 2 aromatic carbocycles. The second-order valence-electron chi connectivity index (χ2n) is 6.42. The minimum atomic E-state index is -0.355. The topological polar surface area (TPSA) is 43.4 Å². The fourth-order valence-corrected chi connectivity index (χ4v) is 3.24. The first kappa shape index (κ1) is 16.4. The summed E-state index contributed by atoms with van der Waals surface area (Å²) < 4.78 is 5.01. The Kier molecular flexibility index (Phi) is 5.42. The van der Waals surface area contributed by atoms with Gasteiger partial charge in [-0.2, -0.15) is 0 Å². The summed E-state index contributed by atoms with van der Waals surface area (Å²) in [4.78, 5) is 24.0. The van der Waals surface area contributed by atoms with E-state index in [1.165, 1.54) is 11.1 Å². The Morgan fingerprint density at radius 3 is 1.54 bits per heavy atom. The van der Waals surface area contributed by atoms with Crippen molar-refractivity contribution in [3.05, 3.63) is 71.8 Å². The van der Waals surface area contributed by atoms with E-state index < -0.39 is 0 Å². The molecule has 1 heterocycles. The van der Waals surface area contributed by atoms with E-state index >= 15 is 0 Å². The van der Waals surface area contributed by atoms with Crippen LogP contribution in [-0.4, -0.2) is 11.9 Å². The molecule has 0 aromatic heterocycles. The first-order valence-corrected chi connectivity index (χ1v) is 8.56. The van der Waals surface area contributed by atoms with Crippen molar-refractivity contribution >= 4 is 11.9 Å². The molecule has 2 aromatic rings. The van der Waals surface area contributed by atoms with Gasteiger partial charge in [0, 0.05) is 0 Å². The lowest BCUT2D eigenvalue weighted by Gasteiger charge is -2.26. The average molecular weight is 322 g/mol. The number of esters is 2. The van der Waals surface area contributed by atoms with Gasteiger partial charge in [0.15, 0.2) is 0 Å². The van der Waals surface area contributed by atoms with Crippen molar-refractivity contribution in [3.8, 4) is 0 Å². The van der Waals surface area contributed by atoms with Crippen LogP contribution < -0.4 is 0 Å². The van der Waals surface area contributed by atoms with Crippen molar-refractivity contribution in [2.75, 3.05) is 0 Å². The van der Waals surface area contributed by atoms with Crippen LogP contribution in [0, 0.1) is 11.8 Å². The third kappa shape index (κ3) is 4.31. The Bertz CT molecular complexity index is 619. The molecule has 0 saturated carbocycles. The van der Waals surface area contributed by atoms with Crippen LogP contribution in [0.1, 0.15) is 30.4 Å². The van der Waals surface area contributed by atoms with Crippen LogP contribution in [-0.2, 0) is 27.2 Å². The third-order valence-electron chi connectivity index (χ3n) is 4.69. The maximum absolute atomic E-state index is 12.0. The van der Waals surface area contributed by atoms with Crippen molar-refractivity contribution in [2.45, 2.75) is 32.1 Å². The highest BCUT2D eigenvalue weighted by Gasteiger charge is 2.36. The van der Waals surface area contributed by atoms with Crippen molar-refractivity contribution in [1.82, 2.24) is 0 Å². The van der Waals surface area contributed by atoms with E-state index in [9.17, 15) is 9.59 Å². The lowest BCUT2D eigenvalue weighted by molar-refractivity contribution is -0.172. The molecule has 3 rings (SSSR count). The first-order valence-electron chi connectivity index (χ1n) is 8.56. The van der Waals surface area contributed by atoms with Crippen LogP contribution in [0.5, 0.6) is 0 Å². The van der Waals surface area contributed by atoms with E-state index in [-0.39, 0.29) is 23.8 Å². The molecule has 1 fully saturated rings. The number of rotatable bonds is 6. The molecule has 0 unspecified atom stereocenters. The number of cyclic esters (lactones) is 2. The molecular weight excluding hydrogens is 300 g/mol. The van der Waals surface area contributed by atoms with Crippen molar-refractivity contribution in [3.63, 3.8) is 0 Å². The summed E-state index contributed by atoms with van der Waals surface area (Å²) >= 11 is 0. The number of benzene rings is 2. The van der Waals surface area contributed by atoms with Crippen LogP contribution in [0.15, 0.2) is 60.7 Å². The second-order valence-corrected chi connectivity index (χ2v) is 6.42. The van der Waals surface area contributed by atoms with Crippen LogP contribution in [0.2, 0.25) is 0 Å². The SMILES string of the molecule is O=C1OC(=O)[C@@H](CCc2ccccc2)C[C@H]1CCc1ccccc1. The Balaban J connectivity index is 1.55. The van der Waals surface area contributed by atoms with Gasteiger partial charge in [-0.1, -0.05) is 60.7 Å². The van der Waals surface area contributed by atoms with Gasteiger partial charge in [0.1, 0.15) is 0 Å². The smallest absolute Gasteiger partial charge is 0.316 e. The number of hydrogen-bond donors (Lipinski definition) is 0. The van der Waals surface area contributed by atoms with Gasteiger partial charge in [0.05, 0.1) is 11.8 Å². The molecule has 2 atom stereocenters. The molecule has 0 radical (unpaired) electrons. The average Bonchev–Trinajstić information content (AvgIpc) is 2.62. The summed E-state index contributed by atoms with van der Waals surface area (Å²) in [5.74, 6) is -1.06. The molecule has 0 amide bonds. The maximum Gasteiger partial charge on any atom is 0.316 e. The van der Waals surface area contributed by atoms with Gasteiger partial charge in [0.2, 0.25) is 0 Å². The van der Waals surface area contributed by atoms with Gasteiger partial charge in [-0.25, -0.2) is 0 Å². The van der Waals surface area contributed by atoms with E-state index in [4.69, 9.17) is 4.74 Å². The molecule has 3 nitrogen and oxygen atoms in total. The number of aryl methyl sites for hydroxylation is 2. The summed E-state index contributed by atoms with van der Waals surface area (Å²) in [5, 5.41) is 0. The van der Waals surface area contributed by atoms with Gasteiger partial charge >= 0.3 is 11.9 Å². The molecule has 1 saturated heterocycles. The molecule has 1 aliphatic heterocycles. The monoisotopic (exact) mass is 322 g/mol.